The molecule has 2 rings (SSSR count). The van der Waals surface area contributed by atoms with E-state index in [0.29, 0.717) is 17.2 Å². The molecule has 6 heteroatoms. The lowest BCUT2D eigenvalue weighted by Crippen LogP contribution is -2.18. The zero-order valence-electron chi connectivity index (χ0n) is 12.0. The molecule has 2 aromatic rings. The van der Waals surface area contributed by atoms with Crippen molar-refractivity contribution in [1.29, 1.82) is 0 Å². The lowest BCUT2D eigenvalue weighted by Gasteiger charge is -2.11. The van der Waals surface area contributed by atoms with Gasteiger partial charge in [0, 0.05) is 6.07 Å². The molecule has 0 saturated carbocycles. The predicted molar refractivity (Wildman–Crippen MR) is 83.0 cm³/mol. The smallest absolute Gasteiger partial charge is 0.240 e. The third kappa shape index (κ3) is 3.53. The lowest BCUT2D eigenvalue weighted by molar-refractivity contribution is 0.482. The highest BCUT2D eigenvalue weighted by Gasteiger charge is 2.14. The molecule has 0 spiro atoms. The highest BCUT2D eigenvalue weighted by molar-refractivity contribution is 7.89. The number of nitrogen functional groups attached to an aromatic ring is 1. The zero-order valence-corrected chi connectivity index (χ0v) is 12.8. The van der Waals surface area contributed by atoms with E-state index in [9.17, 15) is 8.42 Å². The number of anilines is 1. The first kappa shape index (κ1) is 15.3. The molecule has 112 valence electrons. The Morgan fingerprint density at radius 2 is 1.95 bits per heavy atom. The molecule has 0 amide bonds. The van der Waals surface area contributed by atoms with E-state index in [1.54, 1.807) is 6.07 Å². The van der Waals surface area contributed by atoms with Gasteiger partial charge in [0.25, 0.3) is 0 Å². The maximum atomic E-state index is 11.8. The fraction of sp³-hybridized carbons (Fsp3) is 0.200. The van der Waals surface area contributed by atoms with Crippen LogP contribution in [0.3, 0.4) is 0 Å². The van der Waals surface area contributed by atoms with Crippen molar-refractivity contribution in [3.63, 3.8) is 0 Å². The number of nitrogens with one attached hydrogen (secondary N) is 1. The molecule has 0 unspecified atom stereocenters. The number of aryl methyl sites for hydroxylation is 1. The first-order valence-corrected chi connectivity index (χ1v) is 8.04. The van der Waals surface area contributed by atoms with Crippen molar-refractivity contribution in [1.82, 2.24) is 4.72 Å². The molecule has 0 bridgehead atoms. The quantitative estimate of drug-likeness (QED) is 0.832. The Bertz CT molecular complexity index is 742. The molecule has 0 aliphatic carbocycles. The normalized spacial score (nSPS) is 11.3. The maximum Gasteiger partial charge on any atom is 0.240 e. The second-order valence-corrected chi connectivity index (χ2v) is 6.40. The van der Waals surface area contributed by atoms with Crippen LogP contribution >= 0.6 is 0 Å². The summed E-state index contributed by atoms with van der Waals surface area (Å²) >= 11 is 0. The van der Waals surface area contributed by atoms with Crippen LogP contribution in [0.2, 0.25) is 0 Å². The molecule has 0 aliphatic heterocycles. The lowest BCUT2D eigenvalue weighted by atomic mass is 10.2. The Kier molecular flexibility index (Phi) is 4.50. The molecule has 0 saturated heterocycles. The van der Waals surface area contributed by atoms with Crippen LogP contribution in [-0.4, -0.2) is 15.5 Å². The van der Waals surface area contributed by atoms with Gasteiger partial charge in [0.1, 0.15) is 5.75 Å². The Morgan fingerprint density at radius 1 is 1.19 bits per heavy atom. The molecule has 5 nitrogen and oxygen atoms in total. The van der Waals surface area contributed by atoms with Gasteiger partial charge in [-0.2, -0.15) is 0 Å². The van der Waals surface area contributed by atoms with E-state index in [1.807, 2.05) is 25.1 Å². The Balaban J connectivity index is 2.37. The fourth-order valence-electron chi connectivity index (χ4n) is 1.84. The zero-order chi connectivity index (χ0) is 15.5. The number of rotatable bonds is 5. The monoisotopic (exact) mass is 306 g/mol. The number of sulfonamides is 1. The van der Waals surface area contributed by atoms with Crippen LogP contribution < -0.4 is 15.2 Å². The van der Waals surface area contributed by atoms with Crippen molar-refractivity contribution < 1.29 is 13.2 Å². The van der Waals surface area contributed by atoms with Gasteiger partial charge < -0.3 is 10.5 Å². The van der Waals surface area contributed by atoms with E-state index in [4.69, 9.17) is 10.5 Å². The number of hydrogen-bond donors (Lipinski definition) is 2. The van der Waals surface area contributed by atoms with E-state index in [0.717, 1.165) is 12.0 Å². The third-order valence-electron chi connectivity index (χ3n) is 3.10. The van der Waals surface area contributed by atoms with Crippen LogP contribution in [0.15, 0.2) is 47.4 Å². The van der Waals surface area contributed by atoms with Crippen LogP contribution in [0.25, 0.3) is 0 Å². The molecule has 0 atom stereocenters. The Morgan fingerprint density at radius 3 is 2.62 bits per heavy atom. The van der Waals surface area contributed by atoms with Crippen molar-refractivity contribution in [2.45, 2.75) is 18.2 Å². The van der Waals surface area contributed by atoms with Gasteiger partial charge in [-0.1, -0.05) is 19.1 Å². The van der Waals surface area contributed by atoms with Crippen LogP contribution in [0.4, 0.5) is 5.69 Å². The van der Waals surface area contributed by atoms with Gasteiger partial charge in [0.05, 0.1) is 10.6 Å². The summed E-state index contributed by atoms with van der Waals surface area (Å²) in [5.41, 5.74) is 7.36. The molecule has 0 fully saturated rings. The summed E-state index contributed by atoms with van der Waals surface area (Å²) in [4.78, 5) is 0.112. The second kappa shape index (κ2) is 6.15. The summed E-state index contributed by atoms with van der Waals surface area (Å²) in [6.07, 6.45) is 0.890. The number of nitrogens with two attached hydrogens (primary N) is 1. The van der Waals surface area contributed by atoms with E-state index in [1.165, 1.54) is 25.2 Å². The van der Waals surface area contributed by atoms with E-state index >= 15 is 0 Å². The summed E-state index contributed by atoms with van der Waals surface area (Å²) < 4.78 is 31.6. The summed E-state index contributed by atoms with van der Waals surface area (Å²) in [5.74, 6) is 0.944. The van der Waals surface area contributed by atoms with Crippen molar-refractivity contribution in [3.8, 4) is 11.5 Å². The molecular formula is C15H18N2O3S. The summed E-state index contributed by atoms with van der Waals surface area (Å²) in [7, 11) is -2.17. The van der Waals surface area contributed by atoms with Crippen molar-refractivity contribution in [3.05, 3.63) is 48.0 Å². The van der Waals surface area contributed by atoms with Crippen LogP contribution in [0, 0.1) is 0 Å². The van der Waals surface area contributed by atoms with E-state index in [-0.39, 0.29) is 4.90 Å². The second-order valence-electron chi connectivity index (χ2n) is 4.51. The highest BCUT2D eigenvalue weighted by atomic mass is 32.2. The molecular weight excluding hydrogens is 288 g/mol. The average Bonchev–Trinajstić information content (AvgIpc) is 2.49. The Hall–Kier alpha value is -2.05. The van der Waals surface area contributed by atoms with Crippen molar-refractivity contribution >= 4 is 15.7 Å². The van der Waals surface area contributed by atoms with Gasteiger partial charge in [-0.25, -0.2) is 13.1 Å². The molecule has 3 N–H and O–H groups in total. The predicted octanol–water partition coefficient (Wildman–Crippen LogP) is 2.53. The van der Waals surface area contributed by atoms with Gasteiger partial charge in [0.2, 0.25) is 10.0 Å². The minimum atomic E-state index is -3.53. The van der Waals surface area contributed by atoms with Gasteiger partial charge in [0.15, 0.2) is 5.75 Å². The third-order valence-corrected chi connectivity index (χ3v) is 4.51. The van der Waals surface area contributed by atoms with Crippen molar-refractivity contribution in [2.75, 3.05) is 12.8 Å². The molecule has 0 aliphatic rings. The average molecular weight is 306 g/mol. The van der Waals surface area contributed by atoms with Crippen LogP contribution in [-0.2, 0) is 16.4 Å². The SMILES string of the molecule is CCc1cccc(Oc2cc(S(=O)(=O)NC)ccc2N)c1. The van der Waals surface area contributed by atoms with Crippen molar-refractivity contribution in [2.24, 2.45) is 0 Å². The first-order chi connectivity index (χ1) is 9.96. The van der Waals surface area contributed by atoms with Gasteiger partial charge in [-0.05, 0) is 43.3 Å². The minimum Gasteiger partial charge on any atom is -0.455 e. The van der Waals surface area contributed by atoms with E-state index < -0.39 is 10.0 Å². The molecule has 0 radical (unpaired) electrons. The molecule has 0 heterocycles. The minimum absolute atomic E-state index is 0.112. The summed E-state index contributed by atoms with van der Waals surface area (Å²) in [6.45, 7) is 2.05. The maximum absolute atomic E-state index is 11.8. The fourth-order valence-corrected chi connectivity index (χ4v) is 2.59. The summed E-state index contributed by atoms with van der Waals surface area (Å²) in [5, 5.41) is 0. The van der Waals surface area contributed by atoms with Gasteiger partial charge >= 0.3 is 0 Å². The molecule has 21 heavy (non-hydrogen) atoms. The molecule has 0 aromatic heterocycles. The topological polar surface area (TPSA) is 81.4 Å². The number of hydrogen-bond acceptors (Lipinski definition) is 4. The summed E-state index contributed by atoms with van der Waals surface area (Å²) in [6, 6.07) is 12.0. The van der Waals surface area contributed by atoms with Crippen LogP contribution in [0.1, 0.15) is 12.5 Å². The van der Waals surface area contributed by atoms with Crippen LogP contribution in [0.5, 0.6) is 11.5 Å². The standard InChI is InChI=1S/C15H18N2O3S/c1-3-11-5-4-6-12(9-11)20-15-10-13(7-8-14(15)16)21(18,19)17-2/h4-10,17H,3,16H2,1-2H3. The number of ether oxygens (including phenoxy) is 1. The van der Waals surface area contributed by atoms with Gasteiger partial charge in [-0.3, -0.25) is 0 Å². The molecule has 2 aromatic carbocycles. The Labute approximate surface area is 124 Å². The van der Waals surface area contributed by atoms with E-state index in [2.05, 4.69) is 4.72 Å². The number of benzene rings is 2. The van der Waals surface area contributed by atoms with Gasteiger partial charge in [-0.15, -0.1) is 0 Å². The largest absolute Gasteiger partial charge is 0.455 e. The highest BCUT2D eigenvalue weighted by Crippen LogP contribution is 2.30. The first-order valence-electron chi connectivity index (χ1n) is 6.56.